The van der Waals surface area contributed by atoms with E-state index in [9.17, 15) is 9.59 Å². The van der Waals surface area contributed by atoms with E-state index in [1.54, 1.807) is 38.1 Å². The normalized spacial score (nSPS) is 10.4. The Hall–Kier alpha value is -2.34. The highest BCUT2D eigenvalue weighted by molar-refractivity contribution is 6.34. The molecule has 116 valence electrons. The van der Waals surface area contributed by atoms with Gasteiger partial charge in [-0.15, -0.1) is 0 Å². The van der Waals surface area contributed by atoms with Gasteiger partial charge in [-0.05, 0) is 26.0 Å². The van der Waals surface area contributed by atoms with Gasteiger partial charge in [-0.1, -0.05) is 23.7 Å². The van der Waals surface area contributed by atoms with Gasteiger partial charge in [0.2, 0.25) is 5.76 Å². The van der Waals surface area contributed by atoms with Crippen LogP contribution in [-0.4, -0.2) is 30.5 Å². The molecule has 1 aromatic heterocycles. The van der Waals surface area contributed by atoms with Crippen molar-refractivity contribution in [1.29, 1.82) is 0 Å². The predicted molar refractivity (Wildman–Crippen MR) is 81.4 cm³/mol. The molecule has 1 aromatic carbocycles. The SMILES string of the molecule is CCOC(=O)c1oc(N(C)C(=O)c2ccccc2Cl)nc1C. The first-order chi connectivity index (χ1) is 10.5. The van der Waals surface area contributed by atoms with Gasteiger partial charge in [0.05, 0.1) is 22.9 Å². The molecule has 1 heterocycles. The summed E-state index contributed by atoms with van der Waals surface area (Å²) in [5.41, 5.74) is 0.674. The second-order valence-corrected chi connectivity index (χ2v) is 4.88. The van der Waals surface area contributed by atoms with Crippen LogP contribution in [-0.2, 0) is 4.74 Å². The van der Waals surface area contributed by atoms with Gasteiger partial charge in [0.15, 0.2) is 0 Å². The summed E-state index contributed by atoms with van der Waals surface area (Å²) in [7, 11) is 1.49. The van der Waals surface area contributed by atoms with Gasteiger partial charge in [0.25, 0.3) is 5.91 Å². The van der Waals surface area contributed by atoms with Crippen molar-refractivity contribution in [2.75, 3.05) is 18.6 Å². The minimum atomic E-state index is -0.614. The fraction of sp³-hybridized carbons (Fsp3) is 0.267. The highest BCUT2D eigenvalue weighted by Gasteiger charge is 2.24. The van der Waals surface area contributed by atoms with Crippen LogP contribution in [0.1, 0.15) is 33.5 Å². The molecule has 0 N–H and O–H groups in total. The lowest BCUT2D eigenvalue weighted by atomic mass is 10.2. The van der Waals surface area contributed by atoms with Crippen molar-refractivity contribution < 1.29 is 18.7 Å². The first kappa shape index (κ1) is 16.0. The smallest absolute Gasteiger partial charge is 0.376 e. The number of hydrogen-bond donors (Lipinski definition) is 0. The van der Waals surface area contributed by atoms with Crippen LogP contribution in [0.2, 0.25) is 5.02 Å². The van der Waals surface area contributed by atoms with Gasteiger partial charge in [-0.3, -0.25) is 9.69 Å². The largest absolute Gasteiger partial charge is 0.460 e. The summed E-state index contributed by atoms with van der Waals surface area (Å²) in [6.07, 6.45) is 0. The molecular weight excluding hydrogens is 308 g/mol. The number of amides is 1. The van der Waals surface area contributed by atoms with E-state index in [0.717, 1.165) is 0 Å². The lowest BCUT2D eigenvalue weighted by molar-refractivity contribution is 0.0489. The number of nitrogens with zero attached hydrogens (tertiary/aromatic N) is 2. The molecule has 2 aromatic rings. The average molecular weight is 323 g/mol. The van der Waals surface area contributed by atoms with Crippen molar-refractivity contribution in [2.24, 2.45) is 0 Å². The fourth-order valence-corrected chi connectivity index (χ4v) is 2.03. The lowest BCUT2D eigenvalue weighted by Gasteiger charge is -2.13. The van der Waals surface area contributed by atoms with Crippen molar-refractivity contribution in [3.05, 3.63) is 46.3 Å². The van der Waals surface area contributed by atoms with E-state index in [2.05, 4.69) is 4.98 Å². The highest BCUT2D eigenvalue weighted by Crippen LogP contribution is 2.22. The van der Waals surface area contributed by atoms with Crippen LogP contribution in [0.5, 0.6) is 0 Å². The number of carbonyl (C=O) groups excluding carboxylic acids is 2. The Morgan fingerprint density at radius 2 is 2.05 bits per heavy atom. The molecular formula is C15H15ClN2O4. The number of aryl methyl sites for hydroxylation is 1. The Morgan fingerprint density at radius 3 is 2.68 bits per heavy atom. The molecule has 0 saturated heterocycles. The van der Waals surface area contributed by atoms with E-state index in [-0.39, 0.29) is 24.3 Å². The molecule has 0 bridgehead atoms. The molecule has 22 heavy (non-hydrogen) atoms. The van der Waals surface area contributed by atoms with Crippen LogP contribution < -0.4 is 4.90 Å². The van der Waals surface area contributed by atoms with Gasteiger partial charge >= 0.3 is 12.0 Å². The molecule has 0 aliphatic rings. The molecule has 0 spiro atoms. The van der Waals surface area contributed by atoms with E-state index < -0.39 is 5.97 Å². The third-order valence-corrected chi connectivity index (χ3v) is 3.27. The number of anilines is 1. The second kappa shape index (κ2) is 6.62. The predicted octanol–water partition coefficient (Wildman–Crippen LogP) is 3.09. The molecule has 2 rings (SSSR count). The van der Waals surface area contributed by atoms with Gasteiger partial charge in [0, 0.05) is 7.05 Å². The van der Waals surface area contributed by atoms with E-state index >= 15 is 0 Å². The summed E-state index contributed by atoms with van der Waals surface area (Å²) in [5.74, 6) is -1.02. The van der Waals surface area contributed by atoms with Crippen molar-refractivity contribution in [3.8, 4) is 0 Å². The Kier molecular flexibility index (Phi) is 4.82. The molecule has 0 unspecified atom stereocenters. The Balaban J connectivity index is 2.29. The molecule has 0 aliphatic heterocycles. The van der Waals surface area contributed by atoms with Crippen molar-refractivity contribution in [1.82, 2.24) is 4.98 Å². The number of ether oxygens (including phenoxy) is 1. The van der Waals surface area contributed by atoms with Crippen molar-refractivity contribution in [3.63, 3.8) is 0 Å². The molecule has 0 aliphatic carbocycles. The number of aromatic nitrogens is 1. The molecule has 7 heteroatoms. The minimum Gasteiger partial charge on any atom is -0.460 e. The molecule has 0 radical (unpaired) electrons. The maximum absolute atomic E-state index is 12.4. The van der Waals surface area contributed by atoms with Gasteiger partial charge in [-0.25, -0.2) is 4.79 Å². The van der Waals surface area contributed by atoms with E-state index in [0.29, 0.717) is 16.3 Å². The van der Waals surface area contributed by atoms with Crippen LogP contribution in [0.15, 0.2) is 28.7 Å². The number of esters is 1. The fourth-order valence-electron chi connectivity index (χ4n) is 1.81. The maximum Gasteiger partial charge on any atom is 0.376 e. The second-order valence-electron chi connectivity index (χ2n) is 4.48. The third-order valence-electron chi connectivity index (χ3n) is 2.94. The first-order valence-electron chi connectivity index (χ1n) is 6.62. The molecule has 0 atom stereocenters. The number of rotatable bonds is 4. The molecule has 1 amide bonds. The maximum atomic E-state index is 12.4. The summed E-state index contributed by atoms with van der Waals surface area (Å²) in [5, 5.41) is 0.327. The van der Waals surface area contributed by atoms with Crippen LogP contribution >= 0.6 is 11.6 Å². The average Bonchev–Trinajstić information content (AvgIpc) is 2.88. The topological polar surface area (TPSA) is 72.6 Å². The van der Waals surface area contributed by atoms with Gasteiger partial charge in [-0.2, -0.15) is 4.98 Å². The number of carbonyl (C=O) groups is 2. The third kappa shape index (κ3) is 3.12. The summed E-state index contributed by atoms with van der Waals surface area (Å²) in [6, 6.07) is 6.66. The number of hydrogen-bond acceptors (Lipinski definition) is 5. The summed E-state index contributed by atoms with van der Waals surface area (Å²) in [4.78, 5) is 29.4. The summed E-state index contributed by atoms with van der Waals surface area (Å²) in [6.45, 7) is 3.52. The van der Waals surface area contributed by atoms with Crippen LogP contribution in [0.3, 0.4) is 0 Å². The van der Waals surface area contributed by atoms with E-state index in [1.165, 1.54) is 11.9 Å². The van der Waals surface area contributed by atoms with Crippen molar-refractivity contribution >= 4 is 29.5 Å². The Morgan fingerprint density at radius 1 is 1.36 bits per heavy atom. The number of halogens is 1. The molecule has 6 nitrogen and oxygen atoms in total. The van der Waals surface area contributed by atoms with Crippen LogP contribution in [0, 0.1) is 6.92 Å². The summed E-state index contributed by atoms with van der Waals surface area (Å²) < 4.78 is 10.2. The van der Waals surface area contributed by atoms with Crippen LogP contribution in [0.4, 0.5) is 6.01 Å². The Bertz CT molecular complexity index is 711. The van der Waals surface area contributed by atoms with Crippen LogP contribution in [0.25, 0.3) is 0 Å². The van der Waals surface area contributed by atoms with E-state index in [1.807, 2.05) is 0 Å². The molecule has 0 fully saturated rings. The highest BCUT2D eigenvalue weighted by atomic mass is 35.5. The van der Waals surface area contributed by atoms with Gasteiger partial charge < -0.3 is 9.15 Å². The standard InChI is InChI=1S/C15H15ClN2O4/c1-4-21-14(20)12-9(2)17-15(22-12)18(3)13(19)10-7-5-6-8-11(10)16/h5-8H,4H2,1-3H3. The summed E-state index contributed by atoms with van der Waals surface area (Å²) >= 11 is 6.01. The van der Waals surface area contributed by atoms with Gasteiger partial charge in [0.1, 0.15) is 0 Å². The zero-order valence-electron chi connectivity index (χ0n) is 12.4. The monoisotopic (exact) mass is 322 g/mol. The molecule has 0 saturated carbocycles. The first-order valence-corrected chi connectivity index (χ1v) is 7.00. The van der Waals surface area contributed by atoms with Crippen molar-refractivity contribution in [2.45, 2.75) is 13.8 Å². The quantitative estimate of drug-likeness (QED) is 0.809. The minimum absolute atomic E-state index is 0.00507. The zero-order valence-corrected chi connectivity index (χ0v) is 13.2. The van der Waals surface area contributed by atoms with E-state index in [4.69, 9.17) is 20.8 Å². The number of benzene rings is 1. The number of oxazole rings is 1. The lowest BCUT2D eigenvalue weighted by Crippen LogP contribution is -2.26. The zero-order chi connectivity index (χ0) is 16.3. The Labute approximate surface area is 132 Å².